The van der Waals surface area contributed by atoms with Gasteiger partial charge in [0, 0.05) is 19.0 Å². The summed E-state index contributed by atoms with van der Waals surface area (Å²) in [6.07, 6.45) is 0.906. The summed E-state index contributed by atoms with van der Waals surface area (Å²) in [5, 5.41) is 0. The van der Waals surface area contributed by atoms with Gasteiger partial charge in [0.1, 0.15) is 5.75 Å². The first-order chi connectivity index (χ1) is 9.50. The smallest absolute Gasteiger partial charge is 0.226 e. The molecule has 0 saturated heterocycles. The Morgan fingerprint density at radius 1 is 1.30 bits per heavy atom. The van der Waals surface area contributed by atoms with Crippen molar-refractivity contribution in [2.45, 2.75) is 32.7 Å². The molecule has 20 heavy (non-hydrogen) atoms. The maximum absolute atomic E-state index is 12.1. The van der Waals surface area contributed by atoms with Crippen molar-refractivity contribution in [1.82, 2.24) is 4.90 Å². The fourth-order valence-corrected chi connectivity index (χ4v) is 1.91. The van der Waals surface area contributed by atoms with Crippen LogP contribution in [0.15, 0.2) is 30.3 Å². The van der Waals surface area contributed by atoms with Gasteiger partial charge in [0.05, 0.1) is 18.0 Å². The van der Waals surface area contributed by atoms with E-state index in [1.165, 1.54) is 0 Å². The largest absolute Gasteiger partial charge is 0.493 e. The van der Waals surface area contributed by atoms with Gasteiger partial charge >= 0.3 is 0 Å². The summed E-state index contributed by atoms with van der Waals surface area (Å²) in [4.78, 5) is 14.4. The number of thiocarbonyl (C=S) groups is 1. The minimum Gasteiger partial charge on any atom is -0.493 e. The molecule has 0 radical (unpaired) electrons. The lowest BCUT2D eigenvalue weighted by Gasteiger charge is -2.26. The van der Waals surface area contributed by atoms with Gasteiger partial charge in [0.2, 0.25) is 5.91 Å². The van der Waals surface area contributed by atoms with Crippen molar-refractivity contribution in [2.24, 2.45) is 5.73 Å². The first kappa shape index (κ1) is 16.4. The number of nitrogens with two attached hydrogens (primary N) is 1. The number of benzene rings is 1. The van der Waals surface area contributed by atoms with Gasteiger partial charge in [-0.05, 0) is 26.0 Å². The van der Waals surface area contributed by atoms with Crippen molar-refractivity contribution in [3.8, 4) is 5.75 Å². The van der Waals surface area contributed by atoms with E-state index in [-0.39, 0.29) is 11.9 Å². The molecule has 1 amide bonds. The maximum atomic E-state index is 12.1. The molecular weight excluding hydrogens is 272 g/mol. The number of amides is 1. The summed E-state index contributed by atoms with van der Waals surface area (Å²) >= 11 is 4.85. The summed E-state index contributed by atoms with van der Waals surface area (Å²) in [5.74, 6) is 0.840. The van der Waals surface area contributed by atoms with Crippen molar-refractivity contribution < 1.29 is 9.53 Å². The van der Waals surface area contributed by atoms with E-state index in [9.17, 15) is 4.79 Å². The molecular formula is C15H22N2O2S. The van der Waals surface area contributed by atoms with Crippen molar-refractivity contribution >= 4 is 23.1 Å². The molecule has 0 aromatic heterocycles. The highest BCUT2D eigenvalue weighted by Gasteiger charge is 2.16. The second-order valence-corrected chi connectivity index (χ2v) is 5.33. The Kier molecular flexibility index (Phi) is 7.01. The molecule has 2 N–H and O–H groups in total. The van der Waals surface area contributed by atoms with E-state index in [0.29, 0.717) is 31.0 Å². The molecule has 0 atom stereocenters. The zero-order valence-electron chi connectivity index (χ0n) is 12.0. The van der Waals surface area contributed by atoms with Crippen molar-refractivity contribution in [3.05, 3.63) is 30.3 Å². The molecule has 1 rings (SSSR count). The number of carbonyl (C=O) groups is 1. The molecule has 0 fully saturated rings. The van der Waals surface area contributed by atoms with Crippen LogP contribution in [0.1, 0.15) is 26.7 Å². The van der Waals surface area contributed by atoms with E-state index in [1.807, 2.05) is 44.2 Å². The Bertz CT molecular complexity index is 435. The van der Waals surface area contributed by atoms with E-state index < -0.39 is 0 Å². The van der Waals surface area contributed by atoms with Crippen LogP contribution >= 0.6 is 12.2 Å². The molecule has 0 aliphatic carbocycles. The van der Waals surface area contributed by atoms with Crippen LogP contribution in [0.25, 0.3) is 0 Å². The number of rotatable bonds is 8. The first-order valence-electron chi connectivity index (χ1n) is 6.76. The van der Waals surface area contributed by atoms with Gasteiger partial charge in [-0.3, -0.25) is 4.79 Å². The summed E-state index contributed by atoms with van der Waals surface area (Å²) in [5.41, 5.74) is 5.49. The standard InChI is InChI=1S/C15H22N2O2S/c1-12(2)17(10-8-14(16)20)15(18)9-11-19-13-6-4-3-5-7-13/h3-7,12H,8-11H2,1-2H3,(H2,16,20). The Labute approximate surface area is 125 Å². The molecule has 0 saturated carbocycles. The second-order valence-electron chi connectivity index (χ2n) is 4.81. The monoisotopic (exact) mass is 294 g/mol. The van der Waals surface area contributed by atoms with E-state index >= 15 is 0 Å². The summed E-state index contributed by atoms with van der Waals surface area (Å²) in [7, 11) is 0. The third-order valence-corrected chi connectivity index (χ3v) is 3.07. The van der Waals surface area contributed by atoms with Gasteiger partial charge < -0.3 is 15.4 Å². The van der Waals surface area contributed by atoms with Gasteiger partial charge in [0.25, 0.3) is 0 Å². The molecule has 0 aliphatic heterocycles. The SMILES string of the molecule is CC(C)N(CCC(N)=S)C(=O)CCOc1ccccc1. The van der Waals surface area contributed by atoms with Gasteiger partial charge in [-0.1, -0.05) is 30.4 Å². The van der Waals surface area contributed by atoms with Crippen LogP contribution in [0.2, 0.25) is 0 Å². The molecule has 0 spiro atoms. The average molecular weight is 294 g/mol. The fourth-order valence-electron chi connectivity index (χ4n) is 1.82. The van der Waals surface area contributed by atoms with Crippen LogP contribution in [0.4, 0.5) is 0 Å². The minimum atomic E-state index is 0.0622. The van der Waals surface area contributed by atoms with E-state index in [0.717, 1.165) is 5.75 Å². The minimum absolute atomic E-state index is 0.0622. The van der Waals surface area contributed by atoms with Crippen LogP contribution in [-0.4, -0.2) is 35.0 Å². The lowest BCUT2D eigenvalue weighted by atomic mass is 10.2. The number of hydrogen-bond acceptors (Lipinski definition) is 3. The van der Waals surface area contributed by atoms with Crippen molar-refractivity contribution in [2.75, 3.05) is 13.2 Å². The summed E-state index contributed by atoms with van der Waals surface area (Å²) < 4.78 is 5.53. The van der Waals surface area contributed by atoms with Crippen LogP contribution in [-0.2, 0) is 4.79 Å². The fraction of sp³-hybridized carbons (Fsp3) is 0.467. The van der Waals surface area contributed by atoms with Crippen molar-refractivity contribution in [3.63, 3.8) is 0 Å². The number of carbonyl (C=O) groups excluding carboxylic acids is 1. The van der Waals surface area contributed by atoms with Crippen molar-refractivity contribution in [1.29, 1.82) is 0 Å². The zero-order chi connectivity index (χ0) is 15.0. The summed E-state index contributed by atoms with van der Waals surface area (Å²) in [6, 6.07) is 9.61. The molecule has 0 bridgehead atoms. The second kappa shape index (κ2) is 8.53. The molecule has 1 aromatic rings. The quantitative estimate of drug-likeness (QED) is 0.748. The maximum Gasteiger partial charge on any atom is 0.226 e. The van der Waals surface area contributed by atoms with Crippen LogP contribution in [0.5, 0.6) is 5.75 Å². The molecule has 1 aromatic carbocycles. The highest BCUT2D eigenvalue weighted by atomic mass is 32.1. The topological polar surface area (TPSA) is 55.6 Å². The lowest BCUT2D eigenvalue weighted by molar-refractivity contribution is -0.133. The molecule has 5 heteroatoms. The van der Waals surface area contributed by atoms with Crippen LogP contribution < -0.4 is 10.5 Å². The molecule has 4 nitrogen and oxygen atoms in total. The number of nitrogens with zero attached hydrogens (tertiary/aromatic N) is 1. The highest BCUT2D eigenvalue weighted by Crippen LogP contribution is 2.09. The van der Waals surface area contributed by atoms with Crippen LogP contribution in [0.3, 0.4) is 0 Å². The molecule has 0 heterocycles. The Morgan fingerprint density at radius 3 is 2.50 bits per heavy atom. The van der Waals surface area contributed by atoms with Gasteiger partial charge in [-0.25, -0.2) is 0 Å². The normalized spacial score (nSPS) is 10.3. The predicted octanol–water partition coefficient (Wildman–Crippen LogP) is 2.37. The van der Waals surface area contributed by atoms with E-state index in [4.69, 9.17) is 22.7 Å². The molecule has 110 valence electrons. The van der Waals surface area contributed by atoms with Gasteiger partial charge in [-0.2, -0.15) is 0 Å². The predicted molar refractivity (Wildman–Crippen MR) is 84.8 cm³/mol. The number of hydrogen-bond donors (Lipinski definition) is 1. The van der Waals surface area contributed by atoms with Crippen LogP contribution in [0, 0.1) is 0 Å². The molecule has 0 aliphatic rings. The average Bonchev–Trinajstić information content (AvgIpc) is 2.39. The molecule has 0 unspecified atom stereocenters. The third-order valence-electron chi connectivity index (χ3n) is 2.87. The van der Waals surface area contributed by atoms with E-state index in [2.05, 4.69) is 0 Å². The first-order valence-corrected chi connectivity index (χ1v) is 7.17. The van der Waals surface area contributed by atoms with Gasteiger partial charge in [-0.15, -0.1) is 0 Å². The zero-order valence-corrected chi connectivity index (χ0v) is 12.9. The number of para-hydroxylation sites is 1. The van der Waals surface area contributed by atoms with E-state index in [1.54, 1.807) is 4.90 Å². The number of ether oxygens (including phenoxy) is 1. The summed E-state index contributed by atoms with van der Waals surface area (Å²) in [6.45, 7) is 4.90. The third kappa shape index (κ3) is 6.02. The van der Waals surface area contributed by atoms with Gasteiger partial charge in [0.15, 0.2) is 0 Å². The Hall–Kier alpha value is -1.62. The lowest BCUT2D eigenvalue weighted by Crippen LogP contribution is -2.39. The Balaban J connectivity index is 2.40. The highest BCUT2D eigenvalue weighted by molar-refractivity contribution is 7.80. The Morgan fingerprint density at radius 2 is 1.95 bits per heavy atom.